The normalized spacial score (nSPS) is 51.6. The van der Waals surface area contributed by atoms with E-state index < -0.39 is 0 Å². The van der Waals surface area contributed by atoms with Crippen molar-refractivity contribution in [1.82, 2.24) is 0 Å². The molecule has 2 bridgehead atoms. The topological polar surface area (TPSA) is 26.3 Å². The van der Waals surface area contributed by atoms with Crippen LogP contribution in [0.4, 0.5) is 0 Å². The van der Waals surface area contributed by atoms with E-state index >= 15 is 0 Å². The van der Waals surface area contributed by atoms with E-state index in [-0.39, 0.29) is 23.5 Å². The predicted molar refractivity (Wildman–Crippen MR) is 45.8 cm³/mol. The number of carbonyl (C=O) groups is 1. The minimum atomic E-state index is -0.325. The van der Waals surface area contributed by atoms with Gasteiger partial charge < -0.3 is 4.74 Å². The first-order chi connectivity index (χ1) is 5.54. The maximum atomic E-state index is 11.7. The highest BCUT2D eigenvalue weighted by Crippen LogP contribution is 2.40. The second kappa shape index (κ2) is 2.19. The molecule has 2 aliphatic heterocycles. The van der Waals surface area contributed by atoms with Crippen LogP contribution < -0.4 is 0 Å². The molecule has 0 aromatic rings. The number of fused-ring (bicyclic) bond motifs is 2. The minimum Gasteiger partial charge on any atom is -0.362 e. The van der Waals surface area contributed by atoms with Crippen LogP contribution in [-0.2, 0) is 9.53 Å². The number of ether oxygens (including phenoxy) is 1. The fourth-order valence-electron chi connectivity index (χ4n) is 2.01. The average Bonchev–Trinajstić information content (AvgIpc) is 2.41. The highest BCUT2D eigenvalue weighted by atomic mass is 16.5. The number of hydrogen-bond acceptors (Lipinski definition) is 2. The Kier molecular flexibility index (Phi) is 1.46. The lowest BCUT2D eigenvalue weighted by Gasteiger charge is -2.38. The predicted octanol–water partition coefficient (Wildman–Crippen LogP) is 1.55. The molecule has 0 radical (unpaired) electrons. The van der Waals surface area contributed by atoms with Crippen molar-refractivity contribution in [3.63, 3.8) is 0 Å². The fourth-order valence-corrected chi connectivity index (χ4v) is 2.01. The summed E-state index contributed by atoms with van der Waals surface area (Å²) in [5.74, 6) is 0.369. The van der Waals surface area contributed by atoms with Gasteiger partial charge in [0.25, 0.3) is 0 Å². The zero-order valence-corrected chi connectivity index (χ0v) is 7.70. The van der Waals surface area contributed by atoms with Gasteiger partial charge in [-0.3, -0.25) is 4.79 Å². The van der Waals surface area contributed by atoms with E-state index in [1.807, 2.05) is 32.9 Å². The summed E-state index contributed by atoms with van der Waals surface area (Å²) in [7, 11) is 0. The minimum absolute atomic E-state index is 0.00231. The Balaban J connectivity index is 2.38. The third-order valence-corrected chi connectivity index (χ3v) is 3.24. The van der Waals surface area contributed by atoms with Crippen LogP contribution in [0.2, 0.25) is 0 Å². The van der Waals surface area contributed by atoms with Crippen LogP contribution in [0.5, 0.6) is 0 Å². The van der Waals surface area contributed by atoms with E-state index in [1.54, 1.807) is 0 Å². The first-order valence-electron chi connectivity index (χ1n) is 4.45. The molecule has 1 fully saturated rings. The van der Waals surface area contributed by atoms with Gasteiger partial charge in [-0.1, -0.05) is 26.0 Å². The van der Waals surface area contributed by atoms with Gasteiger partial charge in [0, 0.05) is 11.8 Å². The molecule has 0 aliphatic carbocycles. The molecule has 12 heavy (non-hydrogen) atoms. The van der Waals surface area contributed by atoms with Gasteiger partial charge in [0.1, 0.15) is 5.78 Å². The number of hydrogen-bond donors (Lipinski definition) is 0. The van der Waals surface area contributed by atoms with Gasteiger partial charge in [-0.15, -0.1) is 0 Å². The van der Waals surface area contributed by atoms with Crippen molar-refractivity contribution in [2.75, 3.05) is 0 Å². The summed E-state index contributed by atoms with van der Waals surface area (Å²) in [6.45, 7) is 5.88. The Bertz CT molecular complexity index is 257. The quantitative estimate of drug-likeness (QED) is 0.510. The molecule has 0 amide bonds. The number of ketones is 1. The molecule has 1 saturated heterocycles. The Hall–Kier alpha value is -0.630. The Morgan fingerprint density at radius 1 is 1.50 bits per heavy atom. The molecule has 2 nitrogen and oxygen atoms in total. The molecule has 0 aromatic carbocycles. The molecule has 0 aromatic heterocycles. The lowest BCUT2D eigenvalue weighted by molar-refractivity contribution is -0.155. The van der Waals surface area contributed by atoms with Crippen LogP contribution in [0, 0.1) is 11.8 Å². The molecule has 4 atom stereocenters. The van der Waals surface area contributed by atoms with Crippen molar-refractivity contribution < 1.29 is 9.53 Å². The zero-order valence-electron chi connectivity index (χ0n) is 7.70. The van der Waals surface area contributed by atoms with Crippen LogP contribution in [0.25, 0.3) is 0 Å². The van der Waals surface area contributed by atoms with Crippen molar-refractivity contribution in [2.24, 2.45) is 11.8 Å². The van der Waals surface area contributed by atoms with Crippen molar-refractivity contribution in [3.8, 4) is 0 Å². The molecule has 0 unspecified atom stereocenters. The van der Waals surface area contributed by atoms with Gasteiger partial charge in [0.2, 0.25) is 0 Å². The van der Waals surface area contributed by atoms with Crippen molar-refractivity contribution in [1.29, 1.82) is 0 Å². The van der Waals surface area contributed by atoms with E-state index in [4.69, 9.17) is 4.74 Å². The SMILES string of the molecule is C[C@@H]1C(=O)[C@H](C)[C@H]2C=C[C@]1(C)O2. The third-order valence-electron chi connectivity index (χ3n) is 3.24. The molecule has 2 rings (SSSR count). The zero-order chi connectivity index (χ0) is 8.93. The maximum Gasteiger partial charge on any atom is 0.144 e. The summed E-state index contributed by atoms with van der Waals surface area (Å²) < 4.78 is 5.75. The van der Waals surface area contributed by atoms with Crippen molar-refractivity contribution >= 4 is 5.78 Å². The molecule has 2 aliphatic rings. The standard InChI is InChI=1S/C10H14O2/c1-6-8-4-5-10(3,12-8)7(2)9(6)11/h4-8H,1-3H3/t6-,7-,8-,10+/m1/s1. The van der Waals surface area contributed by atoms with Gasteiger partial charge in [0.05, 0.1) is 11.7 Å². The highest BCUT2D eigenvalue weighted by Gasteiger charge is 2.48. The number of carbonyl (C=O) groups excluding carboxylic acids is 1. The van der Waals surface area contributed by atoms with E-state index in [0.717, 1.165) is 0 Å². The van der Waals surface area contributed by atoms with Gasteiger partial charge in [-0.05, 0) is 6.92 Å². The average molecular weight is 166 g/mol. The largest absolute Gasteiger partial charge is 0.362 e. The molecular formula is C10H14O2. The molecule has 66 valence electrons. The Morgan fingerprint density at radius 3 is 2.83 bits per heavy atom. The monoisotopic (exact) mass is 166 g/mol. The van der Waals surface area contributed by atoms with Gasteiger partial charge >= 0.3 is 0 Å². The molecule has 2 heterocycles. The van der Waals surface area contributed by atoms with Crippen LogP contribution in [-0.4, -0.2) is 17.5 Å². The molecular weight excluding hydrogens is 152 g/mol. The van der Waals surface area contributed by atoms with E-state index in [1.165, 1.54) is 0 Å². The summed E-state index contributed by atoms with van der Waals surface area (Å²) in [5, 5.41) is 0. The second-order valence-electron chi connectivity index (χ2n) is 4.04. The van der Waals surface area contributed by atoms with Gasteiger partial charge in [-0.2, -0.15) is 0 Å². The summed E-state index contributed by atoms with van der Waals surface area (Å²) >= 11 is 0. The van der Waals surface area contributed by atoms with Gasteiger partial charge in [-0.25, -0.2) is 0 Å². The lowest BCUT2D eigenvalue weighted by atomic mass is 9.81. The molecule has 0 N–H and O–H groups in total. The summed E-state index contributed by atoms with van der Waals surface area (Å²) in [4.78, 5) is 11.7. The highest BCUT2D eigenvalue weighted by molar-refractivity contribution is 5.86. The van der Waals surface area contributed by atoms with E-state index in [0.29, 0.717) is 5.78 Å². The lowest BCUT2D eigenvalue weighted by Crippen LogP contribution is -2.48. The second-order valence-corrected chi connectivity index (χ2v) is 4.04. The molecule has 0 spiro atoms. The molecule has 0 saturated carbocycles. The maximum absolute atomic E-state index is 11.7. The van der Waals surface area contributed by atoms with Crippen LogP contribution in [0.15, 0.2) is 12.2 Å². The number of rotatable bonds is 0. The Labute approximate surface area is 72.6 Å². The van der Waals surface area contributed by atoms with Crippen LogP contribution >= 0.6 is 0 Å². The Morgan fingerprint density at radius 2 is 2.17 bits per heavy atom. The first-order valence-corrected chi connectivity index (χ1v) is 4.45. The third kappa shape index (κ3) is 0.816. The first kappa shape index (κ1) is 7.99. The summed E-state index contributed by atoms with van der Waals surface area (Å²) in [6, 6.07) is 0. The smallest absolute Gasteiger partial charge is 0.144 e. The summed E-state index contributed by atoms with van der Waals surface area (Å²) in [6.07, 6.45) is 4.08. The summed E-state index contributed by atoms with van der Waals surface area (Å²) in [5.41, 5.74) is -0.325. The van der Waals surface area contributed by atoms with Crippen LogP contribution in [0.1, 0.15) is 20.8 Å². The van der Waals surface area contributed by atoms with Gasteiger partial charge in [0.15, 0.2) is 0 Å². The fraction of sp³-hybridized carbons (Fsp3) is 0.700. The van der Waals surface area contributed by atoms with Crippen molar-refractivity contribution in [2.45, 2.75) is 32.5 Å². The van der Waals surface area contributed by atoms with Crippen molar-refractivity contribution in [3.05, 3.63) is 12.2 Å². The van der Waals surface area contributed by atoms with E-state index in [9.17, 15) is 4.79 Å². The van der Waals surface area contributed by atoms with Crippen LogP contribution in [0.3, 0.4) is 0 Å². The number of Topliss-reactive ketones (excluding diaryl/α,β-unsaturated/α-hetero) is 1. The van der Waals surface area contributed by atoms with E-state index in [2.05, 4.69) is 0 Å². The molecule has 2 heteroatoms.